The summed E-state index contributed by atoms with van der Waals surface area (Å²) >= 11 is 0. The molecule has 0 aromatic heterocycles. The van der Waals surface area contributed by atoms with Crippen LogP contribution in [-0.2, 0) is 9.59 Å². The summed E-state index contributed by atoms with van der Waals surface area (Å²) in [6.07, 6.45) is 11.1. The Morgan fingerprint density at radius 3 is 1.31 bits per heavy atom. The van der Waals surface area contributed by atoms with Gasteiger partial charge in [0.15, 0.2) is 0 Å². The zero-order valence-electron chi connectivity index (χ0n) is 9.42. The number of fused-ring (bicyclic) bond motifs is 1. The molecule has 0 spiro atoms. The molecule has 2 heteroatoms. The van der Waals surface area contributed by atoms with Crippen LogP contribution < -0.4 is 0 Å². The predicted molar refractivity (Wildman–Crippen MR) is 69.1 cm³/mol. The monoisotopic (exact) mass is 230 g/mol. The average Bonchev–Trinajstić information content (AvgIpc) is 2.69. The molecule has 2 saturated carbocycles. The van der Waals surface area contributed by atoms with E-state index in [4.69, 9.17) is 9.59 Å². The summed E-state index contributed by atoms with van der Waals surface area (Å²) in [5.41, 5.74) is 0. The molecule has 0 N–H and O–H groups in total. The van der Waals surface area contributed by atoms with Crippen molar-refractivity contribution in [3.63, 3.8) is 0 Å². The summed E-state index contributed by atoms with van der Waals surface area (Å²) in [6, 6.07) is 0. The van der Waals surface area contributed by atoms with Crippen molar-refractivity contribution in [3.8, 4) is 0 Å². The topological polar surface area (TPSA) is 34.1 Å². The number of hydrogen-bond donors (Lipinski definition) is 0. The predicted octanol–water partition coefficient (Wildman–Crippen LogP) is 4.69. The summed E-state index contributed by atoms with van der Waals surface area (Å²) in [5, 5.41) is 0. The molecule has 0 aromatic carbocycles. The molecule has 0 amide bonds. The molecule has 0 aromatic rings. The second-order valence-electron chi connectivity index (χ2n) is 3.82. The first-order chi connectivity index (χ1) is 6.88. The molecule has 2 rings (SSSR count). The highest BCUT2D eigenvalue weighted by molar-refractivity contribution is 5.20. The lowest BCUT2D eigenvalue weighted by atomic mass is 9.82. The van der Waals surface area contributed by atoms with E-state index < -0.39 is 0 Å². The van der Waals surface area contributed by atoms with Crippen molar-refractivity contribution in [1.29, 1.82) is 0 Å². The Labute approximate surface area is 102 Å². The van der Waals surface area contributed by atoms with Crippen molar-refractivity contribution in [2.75, 3.05) is 0 Å². The van der Waals surface area contributed by atoms with Gasteiger partial charge in [-0.3, -0.25) is 0 Å². The molecule has 2 aliphatic carbocycles. The Morgan fingerprint density at radius 2 is 1.00 bits per heavy atom. The Hall–Kier alpha value is -0.620. The normalized spacial score (nSPS) is 24.9. The Balaban J connectivity index is -0.000000215. The Bertz CT molecular complexity index is 148. The van der Waals surface area contributed by atoms with Crippen molar-refractivity contribution in [1.82, 2.24) is 0 Å². The van der Waals surface area contributed by atoms with Gasteiger partial charge in [-0.2, -0.15) is 9.59 Å². The lowest BCUT2D eigenvalue weighted by Crippen LogP contribution is -2.12. The van der Waals surface area contributed by atoms with Gasteiger partial charge in [-0.25, -0.2) is 0 Å². The summed E-state index contributed by atoms with van der Waals surface area (Å²) in [7, 11) is 0. The number of carbonyl (C=O) groups excluding carboxylic acids is 2. The van der Waals surface area contributed by atoms with Crippen LogP contribution in [0, 0.1) is 11.8 Å². The third-order valence-corrected chi connectivity index (χ3v) is 3.22. The molecule has 2 aliphatic rings. The maximum atomic E-state index is 8.12. The van der Waals surface area contributed by atoms with Gasteiger partial charge in [0.05, 0.1) is 0 Å². The maximum absolute atomic E-state index is 8.12. The van der Waals surface area contributed by atoms with Crippen molar-refractivity contribution in [3.05, 3.63) is 0 Å². The van der Waals surface area contributed by atoms with Crippen LogP contribution in [0.15, 0.2) is 0 Å². The first kappa shape index (κ1) is 20.8. The van der Waals surface area contributed by atoms with Gasteiger partial charge in [-0.05, 0) is 11.8 Å². The molecule has 0 saturated heterocycles. The minimum atomic E-state index is 0. The Kier molecular flexibility index (Phi) is 18.6. The van der Waals surface area contributed by atoms with E-state index in [1.54, 1.807) is 25.7 Å². The van der Waals surface area contributed by atoms with Gasteiger partial charge >= 0.3 is 6.15 Å². The molecule has 16 heavy (non-hydrogen) atoms. The van der Waals surface area contributed by atoms with E-state index >= 15 is 0 Å². The zero-order chi connectivity index (χ0) is 10.8. The summed E-state index contributed by atoms with van der Waals surface area (Å²) in [5.74, 6) is 2.33. The van der Waals surface area contributed by atoms with Crippen molar-refractivity contribution in [2.24, 2.45) is 11.8 Å². The SMILES string of the molecule is C.C.C1CCC2CCCC2C1.CC.O=C=O. The quantitative estimate of drug-likeness (QED) is 0.605. The van der Waals surface area contributed by atoms with Crippen LogP contribution in [0.5, 0.6) is 0 Å². The molecule has 0 radical (unpaired) electrons. The van der Waals surface area contributed by atoms with Gasteiger partial charge in [0.25, 0.3) is 0 Å². The minimum absolute atomic E-state index is 0. The van der Waals surface area contributed by atoms with Gasteiger partial charge in [-0.15, -0.1) is 0 Å². The Morgan fingerprint density at radius 1 is 0.750 bits per heavy atom. The van der Waals surface area contributed by atoms with E-state index in [1.165, 1.54) is 31.1 Å². The maximum Gasteiger partial charge on any atom is 0.373 e. The van der Waals surface area contributed by atoms with Gasteiger partial charge < -0.3 is 0 Å². The van der Waals surface area contributed by atoms with Crippen LogP contribution in [0.2, 0.25) is 0 Å². The van der Waals surface area contributed by atoms with E-state index in [9.17, 15) is 0 Å². The average molecular weight is 230 g/mol. The highest BCUT2D eigenvalue weighted by Gasteiger charge is 2.28. The molecule has 0 heterocycles. The van der Waals surface area contributed by atoms with Crippen LogP contribution >= 0.6 is 0 Å². The van der Waals surface area contributed by atoms with Crippen molar-refractivity contribution >= 4 is 6.15 Å². The van der Waals surface area contributed by atoms with E-state index in [1.807, 2.05) is 13.8 Å². The zero-order valence-corrected chi connectivity index (χ0v) is 9.42. The second-order valence-corrected chi connectivity index (χ2v) is 3.82. The molecular weight excluding hydrogens is 200 g/mol. The standard InChI is InChI=1S/C9H16.C2H6.CO2.2CH4/c1-2-5-9-7-3-6-8(9)4-1;1-2;2-1-3;;/h8-9H,1-7H2;1-2H3;;2*1H4. The van der Waals surface area contributed by atoms with E-state index in [0.29, 0.717) is 0 Å². The number of hydrogen-bond acceptors (Lipinski definition) is 2. The number of rotatable bonds is 0. The van der Waals surface area contributed by atoms with E-state index in [2.05, 4.69) is 0 Å². The third kappa shape index (κ3) is 7.64. The van der Waals surface area contributed by atoms with E-state index in [0.717, 1.165) is 0 Å². The van der Waals surface area contributed by atoms with Gasteiger partial charge in [0.2, 0.25) is 0 Å². The van der Waals surface area contributed by atoms with Crippen LogP contribution in [-0.4, -0.2) is 6.15 Å². The minimum Gasteiger partial charge on any atom is -0.186 e. The third-order valence-electron chi connectivity index (χ3n) is 3.22. The summed E-state index contributed by atoms with van der Waals surface area (Å²) in [6.45, 7) is 4.00. The van der Waals surface area contributed by atoms with Crippen LogP contribution in [0.1, 0.15) is 73.6 Å². The van der Waals surface area contributed by atoms with Crippen LogP contribution in [0.4, 0.5) is 0 Å². The molecule has 98 valence electrons. The van der Waals surface area contributed by atoms with E-state index in [-0.39, 0.29) is 21.0 Å². The fraction of sp³-hybridized carbons (Fsp3) is 0.929. The second kappa shape index (κ2) is 14.4. The molecule has 2 fully saturated rings. The fourth-order valence-electron chi connectivity index (χ4n) is 2.69. The summed E-state index contributed by atoms with van der Waals surface area (Å²) < 4.78 is 0. The molecule has 0 aliphatic heterocycles. The molecule has 2 nitrogen and oxygen atoms in total. The van der Waals surface area contributed by atoms with Crippen LogP contribution in [0.25, 0.3) is 0 Å². The fourth-order valence-corrected chi connectivity index (χ4v) is 2.69. The molecule has 2 atom stereocenters. The molecule has 0 bridgehead atoms. The van der Waals surface area contributed by atoms with Gasteiger partial charge in [-0.1, -0.05) is 73.6 Å². The lowest BCUT2D eigenvalue weighted by Gasteiger charge is -2.24. The first-order valence-electron chi connectivity index (χ1n) is 5.87. The molecular formula is C14H30O2. The van der Waals surface area contributed by atoms with Crippen molar-refractivity contribution < 1.29 is 9.59 Å². The van der Waals surface area contributed by atoms with Gasteiger partial charge in [0.1, 0.15) is 0 Å². The van der Waals surface area contributed by atoms with Crippen LogP contribution in [0.3, 0.4) is 0 Å². The van der Waals surface area contributed by atoms with Crippen molar-refractivity contribution in [2.45, 2.75) is 73.6 Å². The first-order valence-corrected chi connectivity index (χ1v) is 5.87. The van der Waals surface area contributed by atoms with Gasteiger partial charge in [0, 0.05) is 0 Å². The lowest BCUT2D eigenvalue weighted by molar-refractivity contribution is -0.191. The summed E-state index contributed by atoms with van der Waals surface area (Å²) in [4.78, 5) is 16.2. The smallest absolute Gasteiger partial charge is 0.186 e. The highest BCUT2D eigenvalue weighted by atomic mass is 16.2. The largest absolute Gasteiger partial charge is 0.373 e. The molecule has 2 unspecified atom stereocenters. The highest BCUT2D eigenvalue weighted by Crippen LogP contribution is 2.41.